The second-order valence-corrected chi connectivity index (χ2v) is 9.56. The fourth-order valence-corrected chi connectivity index (χ4v) is 5.27. The van der Waals surface area contributed by atoms with E-state index in [-0.39, 0.29) is 11.1 Å². The van der Waals surface area contributed by atoms with Gasteiger partial charge in [-0.2, -0.15) is 4.57 Å². The van der Waals surface area contributed by atoms with Crippen molar-refractivity contribution in [2.45, 2.75) is 0 Å². The predicted octanol–water partition coefficient (Wildman–Crippen LogP) is 7.35. The minimum absolute atomic E-state index is 0.166. The highest BCUT2D eigenvalue weighted by atomic mass is 16.4. The highest BCUT2D eigenvalue weighted by Gasteiger charge is 2.22. The number of hydrogen-bond donors (Lipinski definition) is 2. The number of anilines is 3. The van der Waals surface area contributed by atoms with Crippen molar-refractivity contribution >= 4 is 50.8 Å². The van der Waals surface area contributed by atoms with Gasteiger partial charge in [0.1, 0.15) is 7.05 Å². The normalized spacial score (nSPS) is 11.0. The van der Waals surface area contributed by atoms with Crippen LogP contribution in [0.4, 0.5) is 17.1 Å². The van der Waals surface area contributed by atoms with E-state index in [1.807, 2.05) is 60.1 Å². The molecular weight excluding hydrogens is 500 g/mol. The summed E-state index contributed by atoms with van der Waals surface area (Å²) < 4.78 is 1.86. The third kappa shape index (κ3) is 4.31. The van der Waals surface area contributed by atoms with E-state index in [1.54, 1.807) is 24.3 Å². The van der Waals surface area contributed by atoms with Gasteiger partial charge in [0, 0.05) is 34.8 Å². The van der Waals surface area contributed by atoms with Crippen LogP contribution >= 0.6 is 0 Å². The van der Waals surface area contributed by atoms with Crippen molar-refractivity contribution in [3.8, 4) is 11.1 Å². The summed E-state index contributed by atoms with van der Waals surface area (Å²) in [4.78, 5) is 25.7. The maximum atomic E-state index is 11.8. The molecule has 6 aromatic rings. The van der Waals surface area contributed by atoms with Crippen LogP contribution in [-0.2, 0) is 7.05 Å². The average Bonchev–Trinajstić information content (AvgIpc) is 2.99. The minimum atomic E-state index is -1.02. The van der Waals surface area contributed by atoms with E-state index in [9.17, 15) is 19.8 Å². The van der Waals surface area contributed by atoms with Crippen LogP contribution in [0.2, 0.25) is 0 Å². The number of aryl methyl sites for hydroxylation is 1. The number of benzene rings is 5. The van der Waals surface area contributed by atoms with Crippen molar-refractivity contribution in [2.75, 3.05) is 4.90 Å². The zero-order chi connectivity index (χ0) is 27.8. The Bertz CT molecular complexity index is 1790. The monoisotopic (exact) mass is 525 g/mol. The number of aromatic carboxylic acids is 2. The molecule has 40 heavy (non-hydrogen) atoms. The maximum Gasteiger partial charge on any atom is 0.335 e. The Morgan fingerprint density at radius 2 is 1.00 bits per heavy atom. The van der Waals surface area contributed by atoms with Gasteiger partial charge in [0.25, 0.3) is 0 Å². The molecule has 1 aromatic heterocycles. The molecule has 5 aromatic carbocycles. The molecule has 6 rings (SSSR count). The van der Waals surface area contributed by atoms with Gasteiger partial charge in [-0.05, 0) is 66.2 Å². The lowest BCUT2D eigenvalue weighted by atomic mass is 9.94. The molecule has 2 N–H and O–H groups in total. The van der Waals surface area contributed by atoms with E-state index in [4.69, 9.17) is 0 Å². The van der Waals surface area contributed by atoms with E-state index < -0.39 is 11.9 Å². The molecule has 6 nitrogen and oxygen atoms in total. The molecule has 0 fully saturated rings. The Hall–Kier alpha value is -5.49. The summed E-state index contributed by atoms with van der Waals surface area (Å²) in [7, 11) is 1.83. The van der Waals surface area contributed by atoms with Gasteiger partial charge in [0.05, 0.1) is 21.9 Å². The first-order valence-corrected chi connectivity index (χ1v) is 12.8. The summed E-state index contributed by atoms with van der Waals surface area (Å²) >= 11 is 0. The van der Waals surface area contributed by atoms with E-state index in [2.05, 4.69) is 53.4 Å². The molecular formula is C34H25N2O4+. The predicted molar refractivity (Wildman–Crippen MR) is 157 cm³/mol. The summed E-state index contributed by atoms with van der Waals surface area (Å²) in [6, 6.07) is 38.7. The lowest BCUT2D eigenvalue weighted by molar-refractivity contribution is -0.617. The van der Waals surface area contributed by atoms with Crippen molar-refractivity contribution < 1.29 is 24.4 Å². The van der Waals surface area contributed by atoms with Crippen LogP contribution < -0.4 is 9.47 Å². The topological polar surface area (TPSA) is 81.7 Å². The zero-order valence-corrected chi connectivity index (χ0v) is 21.7. The average molecular weight is 526 g/mol. The number of carboxylic acids is 2. The summed E-state index contributed by atoms with van der Waals surface area (Å²) in [6.45, 7) is 0. The maximum absolute atomic E-state index is 11.8. The molecule has 6 heteroatoms. The first kappa shape index (κ1) is 24.8. The van der Waals surface area contributed by atoms with E-state index in [1.165, 1.54) is 0 Å². The molecule has 0 amide bonds. The molecule has 0 radical (unpaired) electrons. The Labute approximate surface area is 230 Å². The molecule has 0 aliphatic heterocycles. The van der Waals surface area contributed by atoms with Crippen LogP contribution in [0, 0.1) is 0 Å². The van der Waals surface area contributed by atoms with E-state index in [0.29, 0.717) is 11.0 Å². The van der Waals surface area contributed by atoms with Crippen LogP contribution in [0.25, 0.3) is 32.9 Å². The Morgan fingerprint density at radius 3 is 1.43 bits per heavy atom. The molecule has 0 aliphatic rings. The summed E-state index contributed by atoms with van der Waals surface area (Å²) in [5, 5.41) is 21.0. The second-order valence-electron chi connectivity index (χ2n) is 9.56. The lowest BCUT2D eigenvalue weighted by Gasteiger charge is -2.25. The third-order valence-corrected chi connectivity index (χ3v) is 7.19. The molecule has 0 saturated carbocycles. The minimum Gasteiger partial charge on any atom is -0.478 e. The molecule has 194 valence electrons. The van der Waals surface area contributed by atoms with Gasteiger partial charge < -0.3 is 15.1 Å². The Morgan fingerprint density at radius 1 is 0.575 bits per heavy atom. The van der Waals surface area contributed by atoms with Gasteiger partial charge in [-0.3, -0.25) is 0 Å². The summed E-state index contributed by atoms with van der Waals surface area (Å²) in [5.41, 5.74) is 6.63. The second kappa shape index (κ2) is 10.0. The van der Waals surface area contributed by atoms with Crippen LogP contribution in [0.1, 0.15) is 20.7 Å². The third-order valence-electron chi connectivity index (χ3n) is 7.19. The smallest absolute Gasteiger partial charge is 0.335 e. The van der Waals surface area contributed by atoms with E-state index >= 15 is 0 Å². The van der Waals surface area contributed by atoms with Gasteiger partial charge in [-0.15, -0.1) is 0 Å². The number of carbonyl (C=O) groups is 2. The van der Waals surface area contributed by atoms with Crippen molar-refractivity contribution in [2.24, 2.45) is 7.05 Å². The highest BCUT2D eigenvalue weighted by Crippen LogP contribution is 2.38. The number of fused-ring (bicyclic) bond motifs is 2. The van der Waals surface area contributed by atoms with Crippen molar-refractivity contribution in [3.63, 3.8) is 0 Å². The SMILES string of the molecule is C[n+]1c2cc(C(=O)O)ccc2c(-c2ccc(N(c3ccccc3)c3ccccc3)cc2)c2ccc(C(=O)O)cc21. The van der Waals surface area contributed by atoms with Gasteiger partial charge in [-0.25, -0.2) is 9.59 Å². The number of nitrogens with zero attached hydrogens (tertiary/aromatic N) is 2. The summed E-state index contributed by atoms with van der Waals surface area (Å²) in [5.74, 6) is -2.04. The molecule has 0 saturated heterocycles. The number of carboxylic acid groups (broad SMARTS) is 2. The van der Waals surface area contributed by atoms with Crippen molar-refractivity contribution in [1.29, 1.82) is 0 Å². The van der Waals surface area contributed by atoms with Crippen LogP contribution in [0.15, 0.2) is 121 Å². The largest absolute Gasteiger partial charge is 0.478 e. The Balaban J connectivity index is 1.57. The Kier molecular flexibility index (Phi) is 6.21. The summed E-state index contributed by atoms with van der Waals surface area (Å²) in [6.07, 6.45) is 0. The van der Waals surface area contributed by atoms with Gasteiger partial charge in [0.15, 0.2) is 0 Å². The lowest BCUT2D eigenvalue weighted by Crippen LogP contribution is -2.31. The fourth-order valence-electron chi connectivity index (χ4n) is 5.27. The quantitative estimate of drug-likeness (QED) is 0.176. The molecule has 0 aliphatic carbocycles. The molecule has 0 unspecified atom stereocenters. The van der Waals surface area contributed by atoms with Crippen molar-refractivity contribution in [1.82, 2.24) is 0 Å². The van der Waals surface area contributed by atoms with Crippen molar-refractivity contribution in [3.05, 3.63) is 132 Å². The number of aromatic nitrogens is 1. The zero-order valence-electron chi connectivity index (χ0n) is 21.7. The molecule has 0 atom stereocenters. The van der Waals surface area contributed by atoms with E-state index in [0.717, 1.165) is 39.0 Å². The number of para-hydroxylation sites is 2. The molecule has 0 bridgehead atoms. The highest BCUT2D eigenvalue weighted by molar-refractivity contribution is 6.09. The molecule has 1 heterocycles. The number of hydrogen-bond acceptors (Lipinski definition) is 3. The van der Waals surface area contributed by atoms with Crippen LogP contribution in [0.3, 0.4) is 0 Å². The standard InChI is InChI=1S/C34H24N2O4/c1-35-30-20-23(33(37)38)14-18-28(30)32(29-19-15-24(34(39)40)21-31(29)35)22-12-16-27(17-13-22)36(25-8-4-2-5-9-25)26-10-6-3-7-11-26/h2-21H,1H3,(H-,37,38,39,40)/p+1. The van der Waals surface area contributed by atoms with Gasteiger partial charge in [-0.1, -0.05) is 48.5 Å². The van der Waals surface area contributed by atoms with Crippen LogP contribution in [0.5, 0.6) is 0 Å². The number of rotatable bonds is 6. The van der Waals surface area contributed by atoms with Crippen LogP contribution in [-0.4, -0.2) is 22.2 Å². The molecule has 0 spiro atoms. The van der Waals surface area contributed by atoms with Gasteiger partial charge >= 0.3 is 11.9 Å². The fraction of sp³-hybridized carbons (Fsp3) is 0.0294. The number of pyridine rings is 1. The first-order valence-electron chi connectivity index (χ1n) is 12.8. The first-order chi connectivity index (χ1) is 19.4. The van der Waals surface area contributed by atoms with Gasteiger partial charge in [0.2, 0.25) is 11.0 Å².